The Morgan fingerprint density at radius 2 is 1.61 bits per heavy atom. The summed E-state index contributed by atoms with van der Waals surface area (Å²) in [5.41, 5.74) is -0.0786. The van der Waals surface area contributed by atoms with E-state index in [0.29, 0.717) is 19.5 Å². The number of carbonyl (C=O) groups is 2. The van der Waals surface area contributed by atoms with Crippen LogP contribution in [0.15, 0.2) is 24.3 Å². The summed E-state index contributed by atoms with van der Waals surface area (Å²) < 4.78 is 23.8. The van der Waals surface area contributed by atoms with E-state index in [1.807, 2.05) is 87.4 Å². The number of hydrogen-bond donors (Lipinski definition) is 0. The predicted molar refractivity (Wildman–Crippen MR) is 141 cm³/mol. The van der Waals surface area contributed by atoms with Crippen molar-refractivity contribution in [2.24, 2.45) is 11.8 Å². The number of likely N-dealkylation sites (tertiary alicyclic amines) is 1. The zero-order chi connectivity index (χ0) is 27.1. The van der Waals surface area contributed by atoms with Crippen LogP contribution in [0.4, 0.5) is 4.79 Å². The fourth-order valence-electron chi connectivity index (χ4n) is 4.53. The molecule has 2 aliphatic rings. The SMILES string of the molecule is CC(C)(C)OC(=O)[C@H](Cc1cccc(B2OC(C)(C)C(C)(C)O2)c1)[C@H]1CCN(C(=O)OC(C)(C)C)C1. The average Bonchev–Trinajstić information content (AvgIpc) is 3.26. The van der Waals surface area contributed by atoms with Crippen LogP contribution in [-0.2, 0) is 30.0 Å². The van der Waals surface area contributed by atoms with Gasteiger partial charge in [-0.1, -0.05) is 24.3 Å². The molecule has 8 heteroatoms. The van der Waals surface area contributed by atoms with Crippen molar-refractivity contribution in [2.45, 2.75) is 104 Å². The summed E-state index contributed by atoms with van der Waals surface area (Å²) >= 11 is 0. The lowest BCUT2D eigenvalue weighted by atomic mass is 9.77. The van der Waals surface area contributed by atoms with Crippen LogP contribution in [-0.4, -0.2) is 59.6 Å². The lowest BCUT2D eigenvalue weighted by Gasteiger charge is -2.32. The van der Waals surface area contributed by atoms with Crippen LogP contribution in [0.25, 0.3) is 0 Å². The van der Waals surface area contributed by atoms with Gasteiger partial charge < -0.3 is 23.7 Å². The first kappa shape index (κ1) is 28.5. The Morgan fingerprint density at radius 1 is 1.03 bits per heavy atom. The Balaban J connectivity index is 1.79. The molecule has 2 saturated heterocycles. The minimum absolute atomic E-state index is 0.0205. The molecule has 1 amide bonds. The number of ether oxygens (including phenoxy) is 2. The topological polar surface area (TPSA) is 74.3 Å². The van der Waals surface area contributed by atoms with E-state index in [1.54, 1.807) is 4.90 Å². The highest BCUT2D eigenvalue weighted by Crippen LogP contribution is 2.37. The van der Waals surface area contributed by atoms with E-state index < -0.39 is 29.5 Å². The molecule has 36 heavy (non-hydrogen) atoms. The maximum atomic E-state index is 13.4. The highest BCUT2D eigenvalue weighted by Gasteiger charge is 2.51. The number of hydrogen-bond acceptors (Lipinski definition) is 6. The van der Waals surface area contributed by atoms with Crippen molar-refractivity contribution in [3.05, 3.63) is 29.8 Å². The van der Waals surface area contributed by atoms with Gasteiger partial charge in [-0.25, -0.2) is 4.79 Å². The molecule has 2 fully saturated rings. The van der Waals surface area contributed by atoms with Gasteiger partial charge in [-0.15, -0.1) is 0 Å². The Hall–Kier alpha value is -2.06. The molecule has 0 saturated carbocycles. The zero-order valence-corrected chi connectivity index (χ0v) is 23.8. The average molecular weight is 501 g/mol. The van der Waals surface area contributed by atoms with Crippen LogP contribution < -0.4 is 5.46 Å². The minimum atomic E-state index is -0.594. The smallest absolute Gasteiger partial charge is 0.460 e. The maximum absolute atomic E-state index is 13.4. The van der Waals surface area contributed by atoms with Gasteiger partial charge in [0.15, 0.2) is 0 Å². The van der Waals surface area contributed by atoms with Gasteiger partial charge in [0.2, 0.25) is 0 Å². The summed E-state index contributed by atoms with van der Waals surface area (Å²) in [6.07, 6.45) is 0.894. The maximum Gasteiger partial charge on any atom is 0.494 e. The normalized spacial score (nSPS) is 22.4. The predicted octanol–water partition coefficient (Wildman–Crippen LogP) is 4.74. The number of nitrogens with zero attached hydrogens (tertiary/aromatic N) is 1. The van der Waals surface area contributed by atoms with Crippen LogP contribution in [0.1, 0.15) is 81.2 Å². The third kappa shape index (κ3) is 7.03. The standard InChI is InChI=1S/C28H44BNO6/c1-25(2,3)33-23(31)22(20-14-15-30(18-20)24(32)34-26(4,5)6)17-19-12-11-13-21(16-19)29-35-27(7,8)28(9,10)36-29/h11-13,16,20,22H,14-15,17-18H2,1-10H3/t20-,22+/m0/s1. The summed E-state index contributed by atoms with van der Waals surface area (Å²) in [5.74, 6) is -0.641. The third-order valence-electron chi connectivity index (χ3n) is 7.09. The van der Waals surface area contributed by atoms with Gasteiger partial charge in [-0.05, 0) is 99.0 Å². The van der Waals surface area contributed by atoms with E-state index in [2.05, 4.69) is 6.07 Å². The first-order valence-corrected chi connectivity index (χ1v) is 13.0. The molecular weight excluding hydrogens is 457 g/mol. The fourth-order valence-corrected chi connectivity index (χ4v) is 4.53. The largest absolute Gasteiger partial charge is 0.494 e. The first-order valence-electron chi connectivity index (χ1n) is 13.0. The van der Waals surface area contributed by atoms with Crippen LogP contribution in [0.5, 0.6) is 0 Å². The number of rotatable bonds is 5. The molecule has 0 unspecified atom stereocenters. The van der Waals surface area contributed by atoms with E-state index in [1.165, 1.54) is 0 Å². The van der Waals surface area contributed by atoms with Crippen molar-refractivity contribution in [3.8, 4) is 0 Å². The number of carbonyl (C=O) groups excluding carboxylic acids is 2. The van der Waals surface area contributed by atoms with Gasteiger partial charge in [0.1, 0.15) is 11.2 Å². The molecule has 0 radical (unpaired) electrons. The molecule has 1 aromatic carbocycles. The van der Waals surface area contributed by atoms with Gasteiger partial charge in [0.05, 0.1) is 17.1 Å². The molecule has 2 heterocycles. The molecule has 200 valence electrons. The van der Waals surface area contributed by atoms with E-state index in [9.17, 15) is 9.59 Å². The van der Waals surface area contributed by atoms with Crippen molar-refractivity contribution >= 4 is 24.6 Å². The number of benzene rings is 1. The van der Waals surface area contributed by atoms with Crippen LogP contribution >= 0.6 is 0 Å². The summed E-state index contributed by atoms with van der Waals surface area (Å²) in [6.45, 7) is 20.4. The van der Waals surface area contributed by atoms with Crippen molar-refractivity contribution in [1.82, 2.24) is 4.90 Å². The van der Waals surface area contributed by atoms with Gasteiger partial charge in [-0.3, -0.25) is 4.79 Å². The van der Waals surface area contributed by atoms with Crippen LogP contribution in [0.3, 0.4) is 0 Å². The van der Waals surface area contributed by atoms with Crippen molar-refractivity contribution in [1.29, 1.82) is 0 Å². The summed E-state index contributed by atoms with van der Waals surface area (Å²) in [4.78, 5) is 27.7. The van der Waals surface area contributed by atoms with Crippen LogP contribution in [0, 0.1) is 11.8 Å². The first-order chi connectivity index (χ1) is 16.4. The van der Waals surface area contributed by atoms with Crippen LogP contribution in [0.2, 0.25) is 0 Å². The lowest BCUT2D eigenvalue weighted by Crippen LogP contribution is -2.41. The quantitative estimate of drug-likeness (QED) is 0.429. The number of esters is 1. The Kier molecular flexibility index (Phi) is 7.93. The second-order valence-electron chi connectivity index (χ2n) is 13.2. The van der Waals surface area contributed by atoms with Crippen molar-refractivity contribution in [2.75, 3.05) is 13.1 Å². The third-order valence-corrected chi connectivity index (χ3v) is 7.09. The summed E-state index contributed by atoms with van der Waals surface area (Å²) in [6, 6.07) is 8.05. The van der Waals surface area contributed by atoms with Gasteiger partial charge in [0, 0.05) is 13.1 Å². The molecule has 3 rings (SSSR count). The van der Waals surface area contributed by atoms with Crippen molar-refractivity contribution < 1.29 is 28.4 Å². The molecule has 2 atom stereocenters. The number of amides is 1. The second kappa shape index (κ2) is 10.0. The molecule has 0 aromatic heterocycles. The van der Waals surface area contributed by atoms with E-state index in [0.717, 1.165) is 17.4 Å². The zero-order valence-electron chi connectivity index (χ0n) is 23.8. The van der Waals surface area contributed by atoms with E-state index in [4.69, 9.17) is 18.8 Å². The molecule has 1 aromatic rings. The van der Waals surface area contributed by atoms with Gasteiger partial charge in [-0.2, -0.15) is 0 Å². The van der Waals surface area contributed by atoms with Gasteiger partial charge >= 0.3 is 19.2 Å². The molecule has 0 spiro atoms. The fraction of sp³-hybridized carbons (Fsp3) is 0.714. The Labute approximate surface area is 217 Å². The summed E-state index contributed by atoms with van der Waals surface area (Å²) in [5, 5.41) is 0. The van der Waals surface area contributed by atoms with E-state index >= 15 is 0 Å². The molecule has 0 bridgehead atoms. The molecular formula is C28H44BNO6. The summed E-state index contributed by atoms with van der Waals surface area (Å²) in [7, 11) is -0.468. The lowest BCUT2D eigenvalue weighted by molar-refractivity contribution is -0.161. The monoisotopic (exact) mass is 501 g/mol. The molecule has 2 aliphatic heterocycles. The molecule has 7 nitrogen and oxygen atoms in total. The highest BCUT2D eigenvalue weighted by molar-refractivity contribution is 6.62. The molecule has 0 aliphatic carbocycles. The van der Waals surface area contributed by atoms with Crippen molar-refractivity contribution in [3.63, 3.8) is 0 Å². The second-order valence-corrected chi connectivity index (χ2v) is 13.2. The highest BCUT2D eigenvalue weighted by atomic mass is 16.7. The van der Waals surface area contributed by atoms with E-state index in [-0.39, 0.29) is 23.9 Å². The Morgan fingerprint density at radius 3 is 2.17 bits per heavy atom. The minimum Gasteiger partial charge on any atom is -0.460 e. The van der Waals surface area contributed by atoms with Gasteiger partial charge in [0.25, 0.3) is 0 Å². The molecule has 0 N–H and O–H groups in total. The Bertz CT molecular complexity index is 946.